The average molecular weight is 268 g/mol. The molecule has 1 rings (SSSR count). The number of carboxylic acid groups (broad SMARTS) is 1. The molecule has 0 aromatic heterocycles. The predicted molar refractivity (Wildman–Crippen MR) is 51.5 cm³/mol. The average Bonchev–Trinajstić information content (AvgIpc) is 2.14. The van der Waals surface area contributed by atoms with E-state index in [2.05, 4.69) is 0 Å². The lowest BCUT2D eigenvalue weighted by Gasteiger charge is -2.09. The van der Waals surface area contributed by atoms with Crippen LogP contribution in [0.25, 0.3) is 0 Å². The number of halogens is 3. The van der Waals surface area contributed by atoms with Gasteiger partial charge in [0.25, 0.3) is 0 Å². The van der Waals surface area contributed by atoms with E-state index in [1.54, 1.807) is 0 Å². The molecule has 8 heteroatoms. The van der Waals surface area contributed by atoms with Gasteiger partial charge in [-0.3, -0.25) is 0 Å². The van der Waals surface area contributed by atoms with Gasteiger partial charge in [0.15, 0.2) is 9.84 Å². The van der Waals surface area contributed by atoms with E-state index in [-0.39, 0.29) is 0 Å². The van der Waals surface area contributed by atoms with Gasteiger partial charge in [0, 0.05) is 6.26 Å². The molecule has 1 aromatic rings. The zero-order valence-electron chi connectivity index (χ0n) is 8.45. The van der Waals surface area contributed by atoms with Crippen molar-refractivity contribution in [1.82, 2.24) is 0 Å². The largest absolute Gasteiger partial charge is 0.478 e. The Kier molecular flexibility index (Phi) is 3.19. The van der Waals surface area contributed by atoms with Crippen molar-refractivity contribution in [2.75, 3.05) is 6.26 Å². The number of benzene rings is 1. The minimum Gasteiger partial charge on any atom is -0.478 e. The number of sulfone groups is 1. The fraction of sp³-hybridized carbons (Fsp3) is 0.222. The highest BCUT2D eigenvalue weighted by Gasteiger charge is 2.32. The quantitative estimate of drug-likeness (QED) is 0.887. The van der Waals surface area contributed by atoms with Gasteiger partial charge in [-0.25, -0.2) is 13.2 Å². The highest BCUT2D eigenvalue weighted by atomic mass is 32.2. The number of carbonyl (C=O) groups is 1. The summed E-state index contributed by atoms with van der Waals surface area (Å²) in [4.78, 5) is 10.1. The first-order valence-electron chi connectivity index (χ1n) is 4.18. The molecule has 1 N–H and O–H groups in total. The summed E-state index contributed by atoms with van der Waals surface area (Å²) in [5.74, 6) is -1.73. The Bertz CT molecular complexity index is 560. The fourth-order valence-corrected chi connectivity index (χ4v) is 2.06. The van der Waals surface area contributed by atoms with Crippen LogP contribution in [-0.4, -0.2) is 25.7 Å². The van der Waals surface area contributed by atoms with Crippen LogP contribution in [-0.2, 0) is 16.0 Å². The number of hydrogen-bond acceptors (Lipinski definition) is 3. The standard InChI is InChI=1S/C9H7F3O4S/c1-17(15,16)7-3-2-5(9(10,11)12)4-6(7)8(13)14/h2-4H,1H3,(H,13,14). The molecule has 0 saturated carbocycles. The molecule has 94 valence electrons. The lowest BCUT2D eigenvalue weighted by Crippen LogP contribution is -2.12. The molecule has 0 aliphatic rings. The molecule has 0 unspecified atom stereocenters. The molecule has 0 heterocycles. The summed E-state index contributed by atoms with van der Waals surface area (Å²) in [6.07, 6.45) is -4.00. The van der Waals surface area contributed by atoms with Crippen LogP contribution in [0, 0.1) is 0 Å². The van der Waals surface area contributed by atoms with E-state index < -0.39 is 38.0 Å². The van der Waals surface area contributed by atoms with E-state index >= 15 is 0 Å². The molecule has 1 aromatic carbocycles. The Morgan fingerprint density at radius 2 is 1.82 bits per heavy atom. The Labute approximate surface area is 94.6 Å². The van der Waals surface area contributed by atoms with Crippen LogP contribution in [0.4, 0.5) is 13.2 Å². The van der Waals surface area contributed by atoms with Crippen LogP contribution in [0.5, 0.6) is 0 Å². The van der Waals surface area contributed by atoms with Crippen LogP contribution < -0.4 is 0 Å². The van der Waals surface area contributed by atoms with Gasteiger partial charge < -0.3 is 5.11 Å². The molecule has 4 nitrogen and oxygen atoms in total. The molecule has 0 spiro atoms. The topological polar surface area (TPSA) is 71.4 Å². The third kappa shape index (κ3) is 2.96. The maximum Gasteiger partial charge on any atom is 0.416 e. The van der Waals surface area contributed by atoms with Crippen molar-refractivity contribution < 1.29 is 31.5 Å². The van der Waals surface area contributed by atoms with E-state index in [1.807, 2.05) is 0 Å². The molecule has 0 aliphatic carbocycles. The highest BCUT2D eigenvalue weighted by Crippen LogP contribution is 2.31. The molecule has 0 bridgehead atoms. The number of alkyl halides is 3. The van der Waals surface area contributed by atoms with Gasteiger partial charge in [0.1, 0.15) is 0 Å². The fourth-order valence-electron chi connectivity index (χ4n) is 1.20. The van der Waals surface area contributed by atoms with Crippen LogP contribution in [0.2, 0.25) is 0 Å². The number of rotatable bonds is 2. The molecule has 0 amide bonds. The molecule has 0 saturated heterocycles. The summed E-state index contributed by atoms with van der Waals surface area (Å²) in [6, 6.07) is 1.48. The summed E-state index contributed by atoms with van der Waals surface area (Å²) in [6.45, 7) is 0. The third-order valence-corrected chi connectivity index (χ3v) is 3.09. The van der Waals surface area contributed by atoms with E-state index in [9.17, 15) is 26.4 Å². The number of aromatic carboxylic acids is 1. The first kappa shape index (κ1) is 13.5. The lowest BCUT2D eigenvalue weighted by atomic mass is 10.1. The first-order chi connectivity index (χ1) is 7.53. The normalized spacial score (nSPS) is 12.5. The van der Waals surface area contributed by atoms with Crippen molar-refractivity contribution in [3.63, 3.8) is 0 Å². The molecule has 0 atom stereocenters. The smallest absolute Gasteiger partial charge is 0.416 e. The van der Waals surface area contributed by atoms with Crippen LogP contribution in [0.1, 0.15) is 15.9 Å². The Hall–Kier alpha value is -1.57. The Balaban J connectivity index is 3.55. The summed E-state index contributed by atoms with van der Waals surface area (Å²) in [5.41, 5.74) is -2.09. The molecular formula is C9H7F3O4S. The molecule has 17 heavy (non-hydrogen) atoms. The van der Waals surface area contributed by atoms with Crippen molar-refractivity contribution in [3.8, 4) is 0 Å². The molecular weight excluding hydrogens is 261 g/mol. The summed E-state index contributed by atoms with van der Waals surface area (Å²) >= 11 is 0. The van der Waals surface area contributed by atoms with Crippen LogP contribution >= 0.6 is 0 Å². The van der Waals surface area contributed by atoms with Crippen LogP contribution in [0.15, 0.2) is 23.1 Å². The van der Waals surface area contributed by atoms with Crippen molar-refractivity contribution in [3.05, 3.63) is 29.3 Å². The zero-order valence-corrected chi connectivity index (χ0v) is 9.26. The minimum absolute atomic E-state index is 0.304. The van der Waals surface area contributed by atoms with E-state index in [1.165, 1.54) is 0 Å². The number of hydrogen-bond donors (Lipinski definition) is 1. The zero-order chi connectivity index (χ0) is 13.4. The third-order valence-electron chi connectivity index (χ3n) is 1.94. The number of carboxylic acids is 1. The second-order valence-electron chi connectivity index (χ2n) is 3.29. The van der Waals surface area contributed by atoms with Crippen LogP contribution in [0.3, 0.4) is 0 Å². The monoisotopic (exact) mass is 268 g/mol. The van der Waals surface area contributed by atoms with Crippen molar-refractivity contribution >= 4 is 15.8 Å². The Morgan fingerprint density at radius 3 is 2.18 bits per heavy atom. The first-order valence-corrected chi connectivity index (χ1v) is 6.07. The highest BCUT2D eigenvalue weighted by molar-refractivity contribution is 7.90. The SMILES string of the molecule is CS(=O)(=O)c1ccc(C(F)(F)F)cc1C(=O)O. The van der Waals surface area contributed by atoms with E-state index in [0.717, 1.165) is 6.26 Å². The van der Waals surface area contributed by atoms with Gasteiger partial charge in [-0.2, -0.15) is 13.2 Å². The maximum atomic E-state index is 12.3. The summed E-state index contributed by atoms with van der Waals surface area (Å²) in [7, 11) is -3.89. The summed E-state index contributed by atoms with van der Waals surface area (Å²) in [5, 5.41) is 8.69. The van der Waals surface area contributed by atoms with Gasteiger partial charge in [-0.05, 0) is 18.2 Å². The van der Waals surface area contributed by atoms with E-state index in [0.29, 0.717) is 18.2 Å². The minimum atomic E-state index is -4.72. The van der Waals surface area contributed by atoms with Gasteiger partial charge >= 0.3 is 12.1 Å². The van der Waals surface area contributed by atoms with Gasteiger partial charge in [0.05, 0.1) is 16.0 Å². The van der Waals surface area contributed by atoms with Gasteiger partial charge in [-0.1, -0.05) is 0 Å². The summed E-state index contributed by atoms with van der Waals surface area (Å²) < 4.78 is 59.3. The van der Waals surface area contributed by atoms with Gasteiger partial charge in [0.2, 0.25) is 0 Å². The second kappa shape index (κ2) is 4.02. The maximum absolute atomic E-state index is 12.3. The molecule has 0 fully saturated rings. The predicted octanol–water partition coefficient (Wildman–Crippen LogP) is 1.81. The molecule has 0 aliphatic heterocycles. The van der Waals surface area contributed by atoms with Crippen molar-refractivity contribution in [1.29, 1.82) is 0 Å². The van der Waals surface area contributed by atoms with Gasteiger partial charge in [-0.15, -0.1) is 0 Å². The second-order valence-corrected chi connectivity index (χ2v) is 5.27. The molecule has 0 radical (unpaired) electrons. The van der Waals surface area contributed by atoms with E-state index in [4.69, 9.17) is 5.11 Å². The Morgan fingerprint density at radius 1 is 1.29 bits per heavy atom. The van der Waals surface area contributed by atoms with Crippen molar-refractivity contribution in [2.24, 2.45) is 0 Å². The lowest BCUT2D eigenvalue weighted by molar-refractivity contribution is -0.137. The van der Waals surface area contributed by atoms with Crippen molar-refractivity contribution in [2.45, 2.75) is 11.1 Å².